The number of aliphatic hydroxyl groups excluding tert-OH is 3. The van der Waals surface area contributed by atoms with Gasteiger partial charge in [-0.3, -0.25) is 0 Å². The standard InChI is InChI=1S/C32H47NO4/c1-20(8-13-28(36)32(15-16-32)29-33-30(3,4)19-37-29)25-11-12-26-22(7-6-14-31(25,26)5)9-10-23-17-24(34)18-27(35)21(23)2/h8-10,13,20,24-28,34-36H,2,6-7,11-12,14-19H2,1,3-5H3/b13-8+,22-9+,23-10-/t20-,24-,25-,26+,27+,28-,31-/m1/s1. The second kappa shape index (κ2) is 9.81. The molecule has 0 aromatic carbocycles. The lowest BCUT2D eigenvalue weighted by Gasteiger charge is -2.44. The molecule has 4 saturated carbocycles. The first-order valence-corrected chi connectivity index (χ1v) is 14.5. The number of fused-ring (bicyclic) bond motifs is 1. The van der Waals surface area contributed by atoms with Crippen molar-refractivity contribution in [3.8, 4) is 0 Å². The van der Waals surface area contributed by atoms with Gasteiger partial charge in [-0.15, -0.1) is 0 Å². The summed E-state index contributed by atoms with van der Waals surface area (Å²) in [5.74, 6) is 2.30. The molecule has 4 fully saturated rings. The minimum atomic E-state index is -0.641. The van der Waals surface area contributed by atoms with Crippen LogP contribution in [0.3, 0.4) is 0 Å². The fourth-order valence-corrected chi connectivity index (χ4v) is 7.82. The third-order valence-electron chi connectivity index (χ3n) is 10.3. The van der Waals surface area contributed by atoms with Crippen molar-refractivity contribution in [3.05, 3.63) is 47.6 Å². The molecule has 7 atom stereocenters. The molecule has 0 aromatic rings. The highest BCUT2D eigenvalue weighted by Gasteiger charge is 2.56. The predicted octanol–water partition coefficient (Wildman–Crippen LogP) is 5.67. The highest BCUT2D eigenvalue weighted by molar-refractivity contribution is 5.88. The topological polar surface area (TPSA) is 82.3 Å². The van der Waals surface area contributed by atoms with E-state index < -0.39 is 18.3 Å². The first-order valence-electron chi connectivity index (χ1n) is 14.5. The highest BCUT2D eigenvalue weighted by atomic mass is 16.5. The van der Waals surface area contributed by atoms with E-state index in [-0.39, 0.29) is 16.4 Å². The Morgan fingerprint density at radius 1 is 1.08 bits per heavy atom. The van der Waals surface area contributed by atoms with E-state index in [1.165, 1.54) is 31.3 Å². The van der Waals surface area contributed by atoms with Gasteiger partial charge in [-0.1, -0.05) is 50.3 Å². The molecule has 0 bridgehead atoms. The summed E-state index contributed by atoms with van der Waals surface area (Å²) >= 11 is 0. The van der Waals surface area contributed by atoms with Crippen molar-refractivity contribution in [2.75, 3.05) is 6.61 Å². The predicted molar refractivity (Wildman–Crippen MR) is 148 cm³/mol. The number of ether oxygens (including phenoxy) is 1. The largest absolute Gasteiger partial charge is 0.478 e. The summed E-state index contributed by atoms with van der Waals surface area (Å²) in [5, 5.41) is 31.5. The van der Waals surface area contributed by atoms with Crippen LogP contribution in [0.5, 0.6) is 0 Å². The van der Waals surface area contributed by atoms with Crippen molar-refractivity contribution in [1.29, 1.82) is 0 Å². The van der Waals surface area contributed by atoms with Crippen LogP contribution in [0.15, 0.2) is 52.6 Å². The van der Waals surface area contributed by atoms with Crippen LogP contribution in [-0.4, -0.2) is 51.7 Å². The van der Waals surface area contributed by atoms with Gasteiger partial charge in [0.15, 0.2) is 5.90 Å². The van der Waals surface area contributed by atoms with Crippen LogP contribution in [0.25, 0.3) is 0 Å². The van der Waals surface area contributed by atoms with Gasteiger partial charge in [0.1, 0.15) is 6.61 Å². The molecular formula is C32H47NO4. The van der Waals surface area contributed by atoms with E-state index in [0.29, 0.717) is 37.2 Å². The van der Waals surface area contributed by atoms with Gasteiger partial charge in [0.05, 0.1) is 29.3 Å². The first-order chi connectivity index (χ1) is 17.4. The van der Waals surface area contributed by atoms with Crippen LogP contribution < -0.4 is 0 Å². The Morgan fingerprint density at radius 2 is 1.84 bits per heavy atom. The van der Waals surface area contributed by atoms with E-state index in [0.717, 1.165) is 36.3 Å². The summed E-state index contributed by atoms with van der Waals surface area (Å²) in [5.41, 5.74) is 3.00. The molecule has 1 heterocycles. The Balaban J connectivity index is 1.28. The van der Waals surface area contributed by atoms with Crippen LogP contribution >= 0.6 is 0 Å². The average Bonchev–Trinajstić information content (AvgIpc) is 3.45. The number of hydrogen-bond acceptors (Lipinski definition) is 5. The van der Waals surface area contributed by atoms with E-state index in [2.05, 4.69) is 52.5 Å². The molecule has 5 nitrogen and oxygen atoms in total. The Bertz CT molecular complexity index is 1030. The van der Waals surface area contributed by atoms with Crippen molar-refractivity contribution in [3.63, 3.8) is 0 Å². The lowest BCUT2D eigenvalue weighted by Crippen LogP contribution is -2.35. The number of rotatable bonds is 6. The summed E-state index contributed by atoms with van der Waals surface area (Å²) in [4.78, 5) is 4.77. The van der Waals surface area contributed by atoms with Gasteiger partial charge < -0.3 is 20.1 Å². The van der Waals surface area contributed by atoms with Crippen LogP contribution in [0.2, 0.25) is 0 Å². The van der Waals surface area contributed by atoms with Gasteiger partial charge in [0.2, 0.25) is 0 Å². The Morgan fingerprint density at radius 3 is 2.51 bits per heavy atom. The number of aliphatic imine (C=N–C) groups is 1. The minimum absolute atomic E-state index is 0.193. The molecule has 5 rings (SSSR count). The molecule has 204 valence electrons. The van der Waals surface area contributed by atoms with E-state index in [1.54, 1.807) is 0 Å². The van der Waals surface area contributed by atoms with Crippen molar-refractivity contribution in [2.24, 2.45) is 33.6 Å². The summed E-state index contributed by atoms with van der Waals surface area (Å²) < 4.78 is 5.92. The Hall–Kier alpha value is -1.69. The zero-order chi connectivity index (χ0) is 26.6. The van der Waals surface area contributed by atoms with Gasteiger partial charge in [-0.05, 0) is 99.5 Å². The van der Waals surface area contributed by atoms with Crippen molar-refractivity contribution in [2.45, 2.75) is 109 Å². The molecule has 5 heteroatoms. The summed E-state index contributed by atoms with van der Waals surface area (Å²) in [6, 6.07) is 0. The fourth-order valence-electron chi connectivity index (χ4n) is 7.82. The van der Waals surface area contributed by atoms with E-state index in [1.807, 2.05) is 6.08 Å². The number of nitrogens with zero attached hydrogens (tertiary/aromatic N) is 1. The molecular weight excluding hydrogens is 462 g/mol. The molecule has 0 aromatic heterocycles. The number of allylic oxidation sites excluding steroid dienone is 4. The van der Waals surface area contributed by atoms with Gasteiger partial charge in [0.25, 0.3) is 0 Å². The Labute approximate surface area is 223 Å². The second-order valence-electron chi connectivity index (χ2n) is 13.5. The maximum atomic E-state index is 11.1. The maximum Gasteiger partial charge on any atom is 0.193 e. The second-order valence-corrected chi connectivity index (χ2v) is 13.5. The molecule has 0 spiro atoms. The fraction of sp³-hybridized carbons (Fsp3) is 0.719. The average molecular weight is 510 g/mol. The van der Waals surface area contributed by atoms with Crippen molar-refractivity contribution in [1.82, 2.24) is 0 Å². The molecule has 0 saturated heterocycles. The molecule has 0 radical (unpaired) electrons. The lowest BCUT2D eigenvalue weighted by molar-refractivity contribution is 0.0862. The Kier molecular flexibility index (Phi) is 7.13. The lowest BCUT2D eigenvalue weighted by atomic mass is 9.61. The van der Waals surface area contributed by atoms with Crippen LogP contribution in [0.4, 0.5) is 0 Å². The zero-order valence-electron chi connectivity index (χ0n) is 23.2. The van der Waals surface area contributed by atoms with Crippen molar-refractivity contribution < 1.29 is 20.1 Å². The quantitative estimate of drug-likeness (QED) is 0.403. The third kappa shape index (κ3) is 5.04. The summed E-state index contributed by atoms with van der Waals surface area (Å²) in [6.07, 6.45) is 15.8. The van der Waals surface area contributed by atoms with Gasteiger partial charge in [-0.2, -0.15) is 0 Å². The van der Waals surface area contributed by atoms with Crippen LogP contribution in [-0.2, 0) is 4.74 Å². The van der Waals surface area contributed by atoms with Gasteiger partial charge in [-0.25, -0.2) is 4.99 Å². The van der Waals surface area contributed by atoms with Crippen molar-refractivity contribution >= 4 is 5.90 Å². The molecule has 3 N–H and O–H groups in total. The third-order valence-corrected chi connectivity index (χ3v) is 10.3. The zero-order valence-corrected chi connectivity index (χ0v) is 23.2. The number of hydrogen-bond donors (Lipinski definition) is 3. The normalized spacial score (nSPS) is 40.5. The van der Waals surface area contributed by atoms with Gasteiger partial charge >= 0.3 is 0 Å². The first kappa shape index (κ1) is 26.9. The molecule has 4 aliphatic carbocycles. The molecule has 5 aliphatic rings. The van der Waals surface area contributed by atoms with E-state index >= 15 is 0 Å². The molecule has 1 aliphatic heterocycles. The maximum absolute atomic E-state index is 11.1. The molecule has 37 heavy (non-hydrogen) atoms. The summed E-state index contributed by atoms with van der Waals surface area (Å²) in [6.45, 7) is 13.6. The highest BCUT2D eigenvalue weighted by Crippen LogP contribution is 2.60. The molecule has 0 amide bonds. The van der Waals surface area contributed by atoms with E-state index in [9.17, 15) is 15.3 Å². The van der Waals surface area contributed by atoms with Crippen LogP contribution in [0, 0.1) is 28.6 Å². The minimum Gasteiger partial charge on any atom is -0.478 e. The number of aliphatic hydroxyl groups is 3. The summed E-state index contributed by atoms with van der Waals surface area (Å²) in [7, 11) is 0. The van der Waals surface area contributed by atoms with Crippen LogP contribution in [0.1, 0.15) is 85.5 Å². The van der Waals surface area contributed by atoms with E-state index in [4.69, 9.17) is 9.73 Å². The smallest absolute Gasteiger partial charge is 0.193 e. The van der Waals surface area contributed by atoms with Gasteiger partial charge in [0, 0.05) is 6.42 Å². The SMILES string of the molecule is C=C1/C(=C\C=C2/CCC[C@]3(C)[C@@H]([C@H](C)/C=C/[C@@H](O)C4(C5=NC(C)(C)CO5)CC4)CC[C@@H]23)C[C@@H](O)C[C@@H]1O. The molecule has 0 unspecified atom stereocenters. The monoisotopic (exact) mass is 509 g/mol.